The lowest BCUT2D eigenvalue weighted by Crippen LogP contribution is -2.30. The van der Waals surface area contributed by atoms with Gasteiger partial charge in [0.1, 0.15) is 0 Å². The maximum absolute atomic E-state index is 2.37. The Bertz CT molecular complexity index is 670. The van der Waals surface area contributed by atoms with Crippen LogP contribution in [0.1, 0.15) is 38.8 Å². The molecule has 0 saturated carbocycles. The molecule has 0 aliphatic rings. The molecule has 0 saturated heterocycles. The molecule has 0 aliphatic carbocycles. The Balaban J connectivity index is 2.51. The summed E-state index contributed by atoms with van der Waals surface area (Å²) in [5.74, 6) is 0. The molecule has 0 radical (unpaired) electrons. The van der Waals surface area contributed by atoms with Gasteiger partial charge < -0.3 is 0 Å². The minimum absolute atomic E-state index is 0.0106. The van der Waals surface area contributed by atoms with Crippen molar-refractivity contribution in [1.82, 2.24) is 0 Å². The molecule has 0 aromatic heterocycles. The minimum Gasteiger partial charge on any atom is -0.0847 e. The summed E-state index contributed by atoms with van der Waals surface area (Å²) < 4.78 is 0.0504. The summed E-state index contributed by atoms with van der Waals surface area (Å²) in [6.07, 6.45) is 6.77. The molecular weight excluding hydrogens is 308 g/mol. The highest BCUT2D eigenvalue weighted by atomic mass is 32.2. The topological polar surface area (TPSA) is 0 Å². The summed E-state index contributed by atoms with van der Waals surface area (Å²) in [5, 5.41) is 0. The van der Waals surface area contributed by atoms with Crippen molar-refractivity contribution in [2.75, 3.05) is 0 Å². The lowest BCUT2D eigenvalue weighted by atomic mass is 10.1. The normalized spacial score (nSPS) is 13.0. The van der Waals surface area contributed by atoms with Crippen LogP contribution in [0.3, 0.4) is 0 Å². The zero-order valence-electron chi connectivity index (χ0n) is 15.8. The first-order valence-corrected chi connectivity index (χ1v) is 9.76. The number of rotatable bonds is 5. The lowest BCUT2D eigenvalue weighted by molar-refractivity contribution is 0.877. The van der Waals surface area contributed by atoms with E-state index in [1.54, 1.807) is 0 Å². The quantitative estimate of drug-likeness (QED) is 0.424. The molecule has 0 fully saturated rings. The van der Waals surface area contributed by atoms with E-state index in [1.807, 2.05) is 0 Å². The minimum atomic E-state index is -0.0106. The highest BCUT2D eigenvalue weighted by Gasteiger charge is 2.40. The Morgan fingerprint density at radius 2 is 1.25 bits per heavy atom. The summed E-state index contributed by atoms with van der Waals surface area (Å²) in [6.45, 7) is 13.2. The maximum Gasteiger partial charge on any atom is 0.161 e. The van der Waals surface area contributed by atoms with Gasteiger partial charge in [-0.2, -0.15) is 0 Å². The van der Waals surface area contributed by atoms with Crippen LogP contribution in [0.2, 0.25) is 0 Å². The van der Waals surface area contributed by atoms with Gasteiger partial charge in [-0.3, -0.25) is 0 Å². The van der Waals surface area contributed by atoms with Crippen LogP contribution in [0.4, 0.5) is 0 Å². The van der Waals surface area contributed by atoms with Crippen LogP contribution < -0.4 is 0 Å². The van der Waals surface area contributed by atoms with E-state index in [4.69, 9.17) is 0 Å². The average Bonchev–Trinajstić information content (AvgIpc) is 2.56. The van der Waals surface area contributed by atoms with Gasteiger partial charge in [-0.05, 0) is 71.9 Å². The van der Waals surface area contributed by atoms with Gasteiger partial charge in [-0.1, -0.05) is 53.1 Å². The number of hydrogen-bond acceptors (Lipinski definition) is 0. The molecule has 126 valence electrons. The molecule has 0 nitrogen and oxygen atoms in total. The summed E-state index contributed by atoms with van der Waals surface area (Å²) in [5.41, 5.74) is 3.92. The first kappa shape index (κ1) is 18.6. The van der Waals surface area contributed by atoms with Crippen molar-refractivity contribution in [3.8, 4) is 0 Å². The van der Waals surface area contributed by atoms with Crippen molar-refractivity contribution in [2.45, 2.75) is 56.1 Å². The fourth-order valence-electron chi connectivity index (χ4n) is 2.59. The zero-order chi connectivity index (χ0) is 17.7. The highest BCUT2D eigenvalue weighted by Crippen LogP contribution is 2.36. The van der Waals surface area contributed by atoms with E-state index in [1.165, 1.54) is 26.5 Å². The second-order valence-electron chi connectivity index (χ2n) is 6.90. The van der Waals surface area contributed by atoms with Gasteiger partial charge in [0, 0.05) is 0 Å². The monoisotopic (exact) mass is 337 g/mol. The third-order valence-electron chi connectivity index (χ3n) is 4.24. The van der Waals surface area contributed by atoms with Crippen molar-refractivity contribution >= 4 is 10.9 Å². The fraction of sp³-hybridized carbons (Fsp3) is 0.304. The van der Waals surface area contributed by atoms with Gasteiger partial charge in [-0.25, -0.2) is 0 Å². The van der Waals surface area contributed by atoms with E-state index in [-0.39, 0.29) is 15.6 Å². The van der Waals surface area contributed by atoms with Crippen molar-refractivity contribution in [3.05, 3.63) is 83.5 Å². The zero-order valence-corrected chi connectivity index (χ0v) is 16.6. The van der Waals surface area contributed by atoms with Crippen LogP contribution >= 0.6 is 0 Å². The second-order valence-corrected chi connectivity index (χ2v) is 9.51. The smallest absolute Gasteiger partial charge is 0.0847 e. The molecule has 0 bridgehead atoms. The average molecular weight is 338 g/mol. The summed E-state index contributed by atoms with van der Waals surface area (Å²) in [4.78, 5) is 2.80. The van der Waals surface area contributed by atoms with E-state index < -0.39 is 0 Å². The number of benzene rings is 2. The van der Waals surface area contributed by atoms with Crippen LogP contribution in [-0.4, -0.2) is 4.75 Å². The van der Waals surface area contributed by atoms with Gasteiger partial charge in [0.05, 0.1) is 10.9 Å². The van der Waals surface area contributed by atoms with Crippen molar-refractivity contribution < 1.29 is 0 Å². The third kappa shape index (κ3) is 4.64. The van der Waals surface area contributed by atoms with Gasteiger partial charge in [0.2, 0.25) is 0 Å². The Hall–Kier alpha value is -1.73. The molecule has 2 rings (SSSR count). The number of hydrogen-bond donors (Lipinski definition) is 0. The fourth-order valence-corrected chi connectivity index (χ4v) is 5.10. The largest absolute Gasteiger partial charge is 0.161 e. The maximum atomic E-state index is 2.37. The van der Waals surface area contributed by atoms with Crippen molar-refractivity contribution in [2.24, 2.45) is 0 Å². The van der Waals surface area contributed by atoms with Crippen LogP contribution in [0, 0.1) is 13.8 Å². The van der Waals surface area contributed by atoms with E-state index in [0.29, 0.717) is 0 Å². The second kappa shape index (κ2) is 7.90. The molecule has 2 aromatic carbocycles. The molecular formula is C23H29S+. The molecule has 0 spiro atoms. The standard InChI is InChI=1S/C23H29S/c1-7-18(2)16-17-23(5,6)24(21-12-8-19(3)9-13-21)22-14-10-20(4)11-15-22/h7-17H,1-6H3/q+1/b17-16-,18-7-. The van der Waals surface area contributed by atoms with Crippen molar-refractivity contribution in [1.29, 1.82) is 0 Å². The predicted octanol–water partition coefficient (Wildman–Crippen LogP) is 6.64. The van der Waals surface area contributed by atoms with Crippen LogP contribution in [-0.2, 0) is 10.9 Å². The Morgan fingerprint density at radius 3 is 1.62 bits per heavy atom. The lowest BCUT2D eigenvalue weighted by Gasteiger charge is -2.23. The summed E-state index contributed by atoms with van der Waals surface area (Å²) in [7, 11) is -0.0106. The first-order chi connectivity index (χ1) is 11.3. The van der Waals surface area contributed by atoms with Crippen LogP contribution in [0.25, 0.3) is 0 Å². The third-order valence-corrected chi connectivity index (χ3v) is 6.92. The predicted molar refractivity (Wildman–Crippen MR) is 109 cm³/mol. The molecule has 0 aliphatic heterocycles. The van der Waals surface area contributed by atoms with Gasteiger partial charge in [0.25, 0.3) is 0 Å². The first-order valence-electron chi connectivity index (χ1n) is 8.53. The number of allylic oxidation sites excluding steroid dienone is 3. The molecule has 1 heteroatoms. The van der Waals surface area contributed by atoms with Crippen LogP contribution in [0.15, 0.2) is 82.1 Å². The molecule has 2 aromatic rings. The van der Waals surface area contributed by atoms with E-state index in [9.17, 15) is 0 Å². The molecule has 0 amide bonds. The molecule has 0 heterocycles. The Morgan fingerprint density at radius 1 is 0.833 bits per heavy atom. The molecule has 0 unspecified atom stereocenters. The van der Waals surface area contributed by atoms with Crippen LogP contribution in [0.5, 0.6) is 0 Å². The molecule has 0 atom stereocenters. The van der Waals surface area contributed by atoms with Crippen molar-refractivity contribution in [3.63, 3.8) is 0 Å². The van der Waals surface area contributed by atoms with E-state index in [2.05, 4.69) is 108 Å². The highest BCUT2D eigenvalue weighted by molar-refractivity contribution is 7.98. The molecule has 0 N–H and O–H groups in total. The van der Waals surface area contributed by atoms with Gasteiger partial charge in [0.15, 0.2) is 14.5 Å². The summed E-state index contributed by atoms with van der Waals surface area (Å²) in [6, 6.07) is 18.0. The van der Waals surface area contributed by atoms with Gasteiger partial charge in [-0.15, -0.1) is 0 Å². The van der Waals surface area contributed by atoms with Gasteiger partial charge >= 0.3 is 0 Å². The Labute approximate surface area is 150 Å². The molecule has 24 heavy (non-hydrogen) atoms. The van der Waals surface area contributed by atoms with E-state index >= 15 is 0 Å². The number of aryl methyl sites for hydroxylation is 2. The SMILES string of the molecule is C/C=C(C)\C=C/C(C)(C)[S+](c1ccc(C)cc1)c1ccc(C)cc1. The Kier molecular flexibility index (Phi) is 6.12. The summed E-state index contributed by atoms with van der Waals surface area (Å²) >= 11 is 0. The van der Waals surface area contributed by atoms with E-state index in [0.717, 1.165) is 0 Å².